The second-order valence-corrected chi connectivity index (χ2v) is 7.47. The summed E-state index contributed by atoms with van der Waals surface area (Å²) < 4.78 is 1.92. The molecule has 2 aromatic heterocycles. The molecule has 3 heterocycles. The number of carbonyl (C=O) groups is 1. The first-order valence-corrected chi connectivity index (χ1v) is 9.75. The second kappa shape index (κ2) is 7.73. The highest BCUT2D eigenvalue weighted by atomic mass is 16.3. The summed E-state index contributed by atoms with van der Waals surface area (Å²) in [5.41, 5.74) is 5.35. The Hall–Kier alpha value is -2.70. The summed E-state index contributed by atoms with van der Waals surface area (Å²) in [5.74, 6) is 0.0114. The molecule has 0 spiro atoms. The first kappa shape index (κ1) is 18.7. The predicted molar refractivity (Wildman–Crippen MR) is 110 cm³/mol. The van der Waals surface area contributed by atoms with Crippen LogP contribution in [0.2, 0.25) is 0 Å². The van der Waals surface area contributed by atoms with Crippen molar-refractivity contribution in [2.75, 3.05) is 39.3 Å². The van der Waals surface area contributed by atoms with Gasteiger partial charge in [-0.05, 0) is 25.5 Å². The van der Waals surface area contributed by atoms with Gasteiger partial charge in [0.1, 0.15) is 17.0 Å². The summed E-state index contributed by atoms with van der Waals surface area (Å²) in [7, 11) is 0. The highest BCUT2D eigenvalue weighted by molar-refractivity contribution is 5.99. The van der Waals surface area contributed by atoms with E-state index in [2.05, 4.69) is 11.8 Å². The van der Waals surface area contributed by atoms with Crippen LogP contribution in [0.5, 0.6) is 0 Å². The molecule has 1 amide bonds. The fourth-order valence-corrected chi connectivity index (χ4v) is 3.73. The number of aliphatic hydroxyl groups is 1. The number of imidazole rings is 1. The third-order valence-electron chi connectivity index (χ3n) is 5.37. The fourth-order valence-electron chi connectivity index (χ4n) is 3.73. The normalized spacial score (nSPS) is 15.3. The van der Waals surface area contributed by atoms with Crippen molar-refractivity contribution in [2.45, 2.75) is 13.8 Å². The number of amides is 1. The lowest BCUT2D eigenvalue weighted by atomic mass is 10.1. The Morgan fingerprint density at radius 1 is 1.00 bits per heavy atom. The number of β-amino-alcohol motifs (C(OH)–C–C–N with tert-alkyl or cyclic N) is 1. The molecular formula is C22H26N4O2. The van der Waals surface area contributed by atoms with Gasteiger partial charge in [0.15, 0.2) is 0 Å². The van der Waals surface area contributed by atoms with Crippen LogP contribution in [0.4, 0.5) is 0 Å². The molecule has 1 fully saturated rings. The van der Waals surface area contributed by atoms with Crippen molar-refractivity contribution in [3.8, 4) is 11.3 Å². The minimum Gasteiger partial charge on any atom is -0.395 e. The van der Waals surface area contributed by atoms with Crippen LogP contribution in [0.3, 0.4) is 0 Å². The van der Waals surface area contributed by atoms with Crippen molar-refractivity contribution >= 4 is 11.6 Å². The van der Waals surface area contributed by atoms with E-state index in [9.17, 15) is 4.79 Å². The van der Waals surface area contributed by atoms with Crippen LogP contribution in [-0.2, 0) is 0 Å². The number of fused-ring (bicyclic) bond motifs is 1. The molecule has 1 N–H and O–H groups in total. The number of rotatable bonds is 4. The van der Waals surface area contributed by atoms with E-state index in [4.69, 9.17) is 10.1 Å². The van der Waals surface area contributed by atoms with Crippen LogP contribution in [-0.4, -0.2) is 69.5 Å². The smallest absolute Gasteiger partial charge is 0.273 e. The van der Waals surface area contributed by atoms with Crippen LogP contribution >= 0.6 is 0 Å². The molecule has 0 radical (unpaired) electrons. The summed E-state index contributed by atoms with van der Waals surface area (Å²) in [6.45, 7) is 7.76. The van der Waals surface area contributed by atoms with Gasteiger partial charge in [0.2, 0.25) is 0 Å². The maximum absolute atomic E-state index is 13.5. The number of aromatic nitrogens is 2. The number of benzene rings is 1. The molecule has 6 nitrogen and oxygen atoms in total. The zero-order chi connectivity index (χ0) is 19.7. The molecule has 6 heteroatoms. The van der Waals surface area contributed by atoms with Gasteiger partial charge < -0.3 is 10.0 Å². The largest absolute Gasteiger partial charge is 0.395 e. The maximum Gasteiger partial charge on any atom is 0.273 e. The molecule has 1 aromatic carbocycles. The third kappa shape index (κ3) is 3.53. The zero-order valence-electron chi connectivity index (χ0n) is 16.4. The summed E-state index contributed by atoms with van der Waals surface area (Å²) in [4.78, 5) is 22.4. The Morgan fingerprint density at radius 3 is 2.36 bits per heavy atom. The number of aliphatic hydroxyl groups excluding tert-OH is 1. The number of aryl methyl sites for hydroxylation is 2. The molecule has 0 atom stereocenters. The molecule has 4 rings (SSSR count). The number of hydrogen-bond acceptors (Lipinski definition) is 4. The Labute approximate surface area is 165 Å². The minimum atomic E-state index is 0.0114. The lowest BCUT2D eigenvalue weighted by Gasteiger charge is -2.34. The van der Waals surface area contributed by atoms with Crippen LogP contribution in [0.15, 0.2) is 42.6 Å². The fraction of sp³-hybridized carbons (Fsp3) is 0.364. The number of nitrogens with zero attached hydrogens (tertiary/aromatic N) is 4. The Morgan fingerprint density at radius 2 is 1.68 bits per heavy atom. The molecule has 0 saturated carbocycles. The Bertz CT molecular complexity index is 986. The summed E-state index contributed by atoms with van der Waals surface area (Å²) in [6, 6.07) is 12.1. The molecule has 146 valence electrons. The first-order valence-electron chi connectivity index (χ1n) is 9.75. The van der Waals surface area contributed by atoms with Crippen molar-refractivity contribution in [3.63, 3.8) is 0 Å². The van der Waals surface area contributed by atoms with Gasteiger partial charge in [-0.25, -0.2) is 4.98 Å². The molecule has 0 bridgehead atoms. The molecular weight excluding hydrogens is 352 g/mol. The van der Waals surface area contributed by atoms with Gasteiger partial charge in [0, 0.05) is 44.5 Å². The first-order chi connectivity index (χ1) is 13.6. The Balaban J connectivity index is 1.74. The molecule has 0 aliphatic carbocycles. The SMILES string of the molecule is Cc1ccc(-c2nc3ccc(C)cn3c2C(=O)N2CCN(CCO)CC2)cc1. The second-order valence-electron chi connectivity index (χ2n) is 7.47. The van der Waals surface area contributed by atoms with Crippen molar-refractivity contribution in [3.05, 3.63) is 59.4 Å². The zero-order valence-corrected chi connectivity index (χ0v) is 16.4. The van der Waals surface area contributed by atoms with E-state index in [0.29, 0.717) is 25.3 Å². The minimum absolute atomic E-state index is 0.0114. The number of hydrogen-bond donors (Lipinski definition) is 1. The highest BCUT2D eigenvalue weighted by Gasteiger charge is 2.27. The van der Waals surface area contributed by atoms with Crippen molar-refractivity contribution in [1.82, 2.24) is 19.2 Å². The monoisotopic (exact) mass is 378 g/mol. The predicted octanol–water partition coefficient (Wildman–Crippen LogP) is 2.37. The van der Waals surface area contributed by atoms with E-state index < -0.39 is 0 Å². The maximum atomic E-state index is 13.5. The Kier molecular flexibility index (Phi) is 5.15. The van der Waals surface area contributed by atoms with Gasteiger partial charge in [-0.15, -0.1) is 0 Å². The number of pyridine rings is 1. The standard InChI is InChI=1S/C22H26N4O2/c1-16-3-6-18(7-4-16)20-21(26-15-17(2)5-8-19(26)23-20)22(28)25-11-9-24(10-12-25)13-14-27/h3-8,15,27H,9-14H2,1-2H3. The van der Waals surface area contributed by atoms with Crippen molar-refractivity contribution < 1.29 is 9.90 Å². The summed E-state index contributed by atoms with van der Waals surface area (Å²) in [6.07, 6.45) is 1.98. The van der Waals surface area contributed by atoms with Gasteiger partial charge >= 0.3 is 0 Å². The quantitative estimate of drug-likeness (QED) is 0.757. The molecule has 28 heavy (non-hydrogen) atoms. The van der Waals surface area contributed by atoms with E-state index in [1.165, 1.54) is 5.56 Å². The molecule has 1 aliphatic rings. The van der Waals surface area contributed by atoms with Crippen molar-refractivity contribution in [1.29, 1.82) is 0 Å². The molecule has 1 aliphatic heterocycles. The number of carbonyl (C=O) groups excluding carboxylic acids is 1. The van der Waals surface area contributed by atoms with Crippen LogP contribution in [0, 0.1) is 13.8 Å². The van der Waals surface area contributed by atoms with Crippen molar-refractivity contribution in [2.24, 2.45) is 0 Å². The van der Waals surface area contributed by atoms with Gasteiger partial charge in [-0.2, -0.15) is 0 Å². The number of piperazine rings is 1. The van der Waals surface area contributed by atoms with E-state index in [1.54, 1.807) is 0 Å². The average molecular weight is 378 g/mol. The van der Waals surface area contributed by atoms with E-state index in [1.807, 2.05) is 58.8 Å². The summed E-state index contributed by atoms with van der Waals surface area (Å²) >= 11 is 0. The van der Waals surface area contributed by atoms with Gasteiger partial charge in [-0.1, -0.05) is 35.9 Å². The molecule has 0 unspecified atom stereocenters. The van der Waals surface area contributed by atoms with Gasteiger partial charge in [0.25, 0.3) is 5.91 Å². The lowest BCUT2D eigenvalue weighted by Crippen LogP contribution is -2.49. The van der Waals surface area contributed by atoms with E-state index in [0.717, 1.165) is 35.6 Å². The summed E-state index contributed by atoms with van der Waals surface area (Å²) in [5, 5.41) is 9.14. The van der Waals surface area contributed by atoms with Gasteiger partial charge in [-0.3, -0.25) is 14.1 Å². The van der Waals surface area contributed by atoms with Crippen LogP contribution in [0.1, 0.15) is 21.6 Å². The van der Waals surface area contributed by atoms with Gasteiger partial charge in [0.05, 0.1) is 6.61 Å². The van der Waals surface area contributed by atoms with E-state index >= 15 is 0 Å². The van der Waals surface area contributed by atoms with Crippen LogP contribution < -0.4 is 0 Å². The molecule has 3 aromatic rings. The third-order valence-corrected chi connectivity index (χ3v) is 5.37. The van der Waals surface area contributed by atoms with Crippen LogP contribution in [0.25, 0.3) is 16.9 Å². The highest BCUT2D eigenvalue weighted by Crippen LogP contribution is 2.27. The lowest BCUT2D eigenvalue weighted by molar-refractivity contribution is 0.0609. The average Bonchev–Trinajstić information content (AvgIpc) is 3.07. The molecule has 1 saturated heterocycles. The van der Waals surface area contributed by atoms with E-state index in [-0.39, 0.29) is 12.5 Å². The topological polar surface area (TPSA) is 61.1 Å².